The van der Waals surface area contributed by atoms with Crippen LogP contribution in [0.4, 0.5) is 0 Å². The number of Topliss-reactive ketones (excluding diaryl/α,β-unsaturated/α-hetero) is 1. The summed E-state index contributed by atoms with van der Waals surface area (Å²) in [6.45, 7) is 7.14. The number of H-pyrrole nitrogens is 1. The van der Waals surface area contributed by atoms with Gasteiger partial charge in [0.15, 0.2) is 11.7 Å². The highest BCUT2D eigenvalue weighted by atomic mass is 16.3. The fraction of sp³-hybridized carbons (Fsp3) is 0.381. The van der Waals surface area contributed by atoms with Crippen molar-refractivity contribution in [2.75, 3.05) is 7.05 Å². The van der Waals surface area contributed by atoms with Crippen molar-refractivity contribution in [1.82, 2.24) is 4.98 Å². The van der Waals surface area contributed by atoms with Gasteiger partial charge < -0.3 is 21.6 Å². The van der Waals surface area contributed by atoms with Crippen molar-refractivity contribution < 1.29 is 9.90 Å². The molecular formula is C21H29N5O2. The highest BCUT2D eigenvalue weighted by molar-refractivity contribution is 6.03. The molecule has 2 unspecified atom stereocenters. The van der Waals surface area contributed by atoms with E-state index in [0.717, 1.165) is 17.0 Å². The first-order valence-corrected chi connectivity index (χ1v) is 9.26. The van der Waals surface area contributed by atoms with Crippen LogP contribution in [0.2, 0.25) is 0 Å². The fourth-order valence-corrected chi connectivity index (χ4v) is 3.75. The lowest BCUT2D eigenvalue weighted by molar-refractivity contribution is -0.114. The number of fused-ring (bicyclic) bond motifs is 1. The number of aromatic amines is 1. The van der Waals surface area contributed by atoms with E-state index in [2.05, 4.69) is 28.0 Å². The Kier molecular flexibility index (Phi) is 6.62. The topological polar surface area (TPSA) is 130 Å². The normalized spacial score (nSPS) is 21.0. The Morgan fingerprint density at radius 2 is 2.00 bits per heavy atom. The Hall–Kier alpha value is -3.09. The van der Waals surface area contributed by atoms with Crippen molar-refractivity contribution in [3.05, 3.63) is 39.3 Å². The van der Waals surface area contributed by atoms with Gasteiger partial charge in [0.2, 0.25) is 0 Å². The van der Waals surface area contributed by atoms with Gasteiger partial charge in [-0.3, -0.25) is 9.79 Å². The Morgan fingerprint density at radius 3 is 2.50 bits per heavy atom. The summed E-state index contributed by atoms with van der Waals surface area (Å²) in [5.41, 5.74) is 14.4. The van der Waals surface area contributed by atoms with Gasteiger partial charge in [0.25, 0.3) is 0 Å². The van der Waals surface area contributed by atoms with Crippen LogP contribution in [-0.2, 0) is 4.79 Å². The minimum absolute atomic E-state index is 0.0249. The summed E-state index contributed by atoms with van der Waals surface area (Å²) in [7, 11) is 1.63. The second-order valence-corrected chi connectivity index (χ2v) is 6.94. The number of allylic oxidation sites excluding steroid dienone is 3. The molecule has 6 N–H and O–H groups in total. The zero-order valence-corrected chi connectivity index (χ0v) is 17.1. The average molecular weight is 383 g/mol. The second kappa shape index (κ2) is 8.73. The molecule has 0 radical (unpaired) electrons. The Balaban J connectivity index is 2.75. The molecule has 0 aromatic carbocycles. The molecule has 0 saturated carbocycles. The molecule has 1 aromatic rings. The molecule has 1 aliphatic carbocycles. The second-order valence-electron chi connectivity index (χ2n) is 6.94. The van der Waals surface area contributed by atoms with Crippen LogP contribution in [0.3, 0.4) is 0 Å². The molecule has 0 aliphatic heterocycles. The number of hydrogen-bond acceptors (Lipinski definition) is 6. The molecule has 7 nitrogen and oxygen atoms in total. The minimum atomic E-state index is -0.163. The highest BCUT2D eigenvalue weighted by Crippen LogP contribution is 2.30. The molecule has 0 saturated heterocycles. The third-order valence-electron chi connectivity index (χ3n) is 4.94. The maximum Gasteiger partial charge on any atom is 0.198 e. The number of aliphatic imine (C=N–C) groups is 2. The highest BCUT2D eigenvalue weighted by Gasteiger charge is 2.28. The first-order valence-electron chi connectivity index (χ1n) is 9.26. The zero-order valence-electron chi connectivity index (χ0n) is 17.1. The lowest BCUT2D eigenvalue weighted by Gasteiger charge is -2.25. The van der Waals surface area contributed by atoms with Gasteiger partial charge in [-0.1, -0.05) is 19.1 Å². The van der Waals surface area contributed by atoms with Gasteiger partial charge in [0, 0.05) is 47.2 Å². The summed E-state index contributed by atoms with van der Waals surface area (Å²) >= 11 is 0. The van der Waals surface area contributed by atoms with Gasteiger partial charge >= 0.3 is 0 Å². The van der Waals surface area contributed by atoms with E-state index in [1.165, 1.54) is 13.1 Å². The summed E-state index contributed by atoms with van der Waals surface area (Å²) < 4.78 is 0. The van der Waals surface area contributed by atoms with Crippen LogP contribution in [0.25, 0.3) is 12.2 Å². The molecular weight excluding hydrogens is 354 g/mol. The van der Waals surface area contributed by atoms with Gasteiger partial charge in [0.05, 0.1) is 17.0 Å². The molecule has 150 valence electrons. The van der Waals surface area contributed by atoms with Crippen LogP contribution >= 0.6 is 0 Å². The Bertz CT molecular complexity index is 1000. The van der Waals surface area contributed by atoms with Crippen molar-refractivity contribution in [1.29, 1.82) is 0 Å². The van der Waals surface area contributed by atoms with Crippen molar-refractivity contribution in [3.8, 4) is 5.88 Å². The third-order valence-corrected chi connectivity index (χ3v) is 4.94. The predicted molar refractivity (Wildman–Crippen MR) is 114 cm³/mol. The van der Waals surface area contributed by atoms with Crippen LogP contribution in [0.15, 0.2) is 33.2 Å². The molecule has 1 aliphatic rings. The number of aromatic nitrogens is 1. The Labute approximate surface area is 165 Å². The lowest BCUT2D eigenvalue weighted by atomic mass is 9.78. The maximum atomic E-state index is 12.2. The van der Waals surface area contributed by atoms with Crippen molar-refractivity contribution >= 4 is 29.9 Å². The monoisotopic (exact) mass is 383 g/mol. The number of hydrogen-bond donors (Lipinski definition) is 4. The zero-order chi connectivity index (χ0) is 21.0. The van der Waals surface area contributed by atoms with Crippen molar-refractivity contribution in [3.63, 3.8) is 0 Å². The number of aromatic hydroxyl groups is 1. The molecule has 28 heavy (non-hydrogen) atoms. The van der Waals surface area contributed by atoms with Crippen LogP contribution < -0.4 is 22.0 Å². The van der Waals surface area contributed by atoms with Gasteiger partial charge in [-0.2, -0.15) is 0 Å². The summed E-state index contributed by atoms with van der Waals surface area (Å²) in [6.07, 6.45) is 7.78. The smallest absolute Gasteiger partial charge is 0.198 e. The number of carbonyl (C=O) groups is 1. The van der Waals surface area contributed by atoms with Gasteiger partial charge in [-0.15, -0.1) is 0 Å². The SMILES string of the molecule is CCC1C=c2[nH]c(O)c(C(C)=NC(C=NC)=CN)c2=CC1C(C(C)=O)=C(C)N. The molecule has 1 heterocycles. The number of ketones is 1. The van der Waals surface area contributed by atoms with Crippen LogP contribution in [-0.4, -0.2) is 34.8 Å². The quantitative estimate of drug-likeness (QED) is 0.432. The summed E-state index contributed by atoms with van der Waals surface area (Å²) in [5.74, 6) is -0.0871. The molecule has 0 bridgehead atoms. The van der Waals surface area contributed by atoms with Gasteiger partial charge in [-0.25, -0.2) is 4.99 Å². The lowest BCUT2D eigenvalue weighted by Crippen LogP contribution is -2.36. The van der Waals surface area contributed by atoms with E-state index in [-0.39, 0.29) is 23.5 Å². The average Bonchev–Trinajstić information content (AvgIpc) is 2.94. The van der Waals surface area contributed by atoms with E-state index in [0.29, 0.717) is 28.2 Å². The fourth-order valence-electron chi connectivity index (χ4n) is 3.75. The largest absolute Gasteiger partial charge is 0.494 e. The van der Waals surface area contributed by atoms with E-state index in [1.807, 2.05) is 6.08 Å². The van der Waals surface area contributed by atoms with Gasteiger partial charge in [-0.05, 0) is 33.1 Å². The molecule has 0 spiro atoms. The molecule has 1 aromatic heterocycles. The van der Waals surface area contributed by atoms with E-state index in [1.54, 1.807) is 27.1 Å². The van der Waals surface area contributed by atoms with Crippen molar-refractivity contribution in [2.24, 2.45) is 33.3 Å². The summed E-state index contributed by atoms with van der Waals surface area (Å²) in [4.78, 5) is 23.7. The molecule has 2 atom stereocenters. The number of nitrogens with one attached hydrogen (secondary N) is 1. The van der Waals surface area contributed by atoms with E-state index >= 15 is 0 Å². The maximum absolute atomic E-state index is 12.2. The summed E-state index contributed by atoms with van der Waals surface area (Å²) in [6, 6.07) is 0. The van der Waals surface area contributed by atoms with E-state index in [9.17, 15) is 9.90 Å². The first kappa shape index (κ1) is 21.2. The number of rotatable bonds is 6. The molecule has 2 rings (SSSR count). The Morgan fingerprint density at radius 1 is 1.32 bits per heavy atom. The number of carbonyl (C=O) groups excluding carboxylic acids is 1. The molecule has 0 fully saturated rings. The van der Waals surface area contributed by atoms with Crippen LogP contribution in [0.1, 0.15) is 39.7 Å². The van der Waals surface area contributed by atoms with Crippen LogP contribution in [0.5, 0.6) is 5.88 Å². The predicted octanol–water partition coefficient (Wildman–Crippen LogP) is 1.07. The number of nitrogens with zero attached hydrogens (tertiary/aromatic N) is 2. The van der Waals surface area contributed by atoms with Gasteiger partial charge in [0.1, 0.15) is 0 Å². The standard InChI is InChI=1S/C21H29N5O2/c1-6-14-7-18-17(8-16(14)19(11(2)23)13(4)27)20(21(28)26-18)12(3)25-15(9-22)10-24-5/h7-10,14,16,26,28H,6,22-23H2,1-5H3. The molecule has 7 heteroatoms. The number of nitrogens with two attached hydrogens (primary N) is 2. The van der Waals surface area contributed by atoms with E-state index < -0.39 is 0 Å². The summed E-state index contributed by atoms with van der Waals surface area (Å²) in [5, 5.41) is 12.1. The van der Waals surface area contributed by atoms with E-state index in [4.69, 9.17) is 11.5 Å². The molecule has 0 amide bonds. The van der Waals surface area contributed by atoms with Crippen LogP contribution in [0, 0.1) is 11.8 Å². The minimum Gasteiger partial charge on any atom is -0.494 e. The third kappa shape index (κ3) is 4.08. The van der Waals surface area contributed by atoms with Crippen molar-refractivity contribution in [2.45, 2.75) is 34.1 Å². The first-order chi connectivity index (χ1) is 13.2.